The average Bonchev–Trinajstić information content (AvgIpc) is 2.62. The third kappa shape index (κ3) is 3.82. The fourth-order valence-corrected chi connectivity index (χ4v) is 3.53. The smallest absolute Gasteiger partial charge is 0.338 e. The number of benzene rings is 2. The van der Waals surface area contributed by atoms with Crippen LogP contribution in [0.5, 0.6) is 0 Å². The van der Waals surface area contributed by atoms with Crippen molar-refractivity contribution in [3.05, 3.63) is 65.2 Å². The molecule has 1 saturated heterocycles. The zero-order chi connectivity index (χ0) is 17.8. The highest BCUT2D eigenvalue weighted by atomic mass is 16.4. The van der Waals surface area contributed by atoms with E-state index in [1.54, 1.807) is 12.1 Å². The van der Waals surface area contributed by atoms with Crippen molar-refractivity contribution >= 4 is 17.6 Å². The topological polar surface area (TPSA) is 77.8 Å². The second-order valence-corrected chi connectivity index (χ2v) is 6.43. The molecule has 2 aromatic rings. The molecule has 0 unspecified atom stereocenters. The lowest BCUT2D eigenvalue weighted by molar-refractivity contribution is 0.0652. The second-order valence-electron chi connectivity index (χ2n) is 6.43. The van der Waals surface area contributed by atoms with Gasteiger partial charge in [0, 0.05) is 13.1 Å². The Morgan fingerprint density at radius 2 is 1.60 bits per heavy atom. The van der Waals surface area contributed by atoms with E-state index in [2.05, 4.69) is 12.1 Å². The lowest BCUT2D eigenvalue weighted by atomic mass is 9.89. The number of anilines is 1. The fraction of sp³-hybridized carbons (Fsp3) is 0.300. The molecule has 5 heteroatoms. The van der Waals surface area contributed by atoms with Crippen LogP contribution < -0.4 is 4.90 Å². The summed E-state index contributed by atoms with van der Waals surface area (Å²) in [7, 11) is 0. The summed E-state index contributed by atoms with van der Waals surface area (Å²) in [5, 5.41) is 18.7. The summed E-state index contributed by atoms with van der Waals surface area (Å²) < 4.78 is 0. The predicted octanol–water partition coefficient (Wildman–Crippen LogP) is 3.54. The molecule has 1 aliphatic rings. The van der Waals surface area contributed by atoms with E-state index >= 15 is 0 Å². The summed E-state index contributed by atoms with van der Waals surface area (Å²) in [4.78, 5) is 24.9. The minimum Gasteiger partial charge on any atom is -0.478 e. The van der Waals surface area contributed by atoms with Crippen LogP contribution in [0.15, 0.2) is 48.5 Å². The van der Waals surface area contributed by atoms with E-state index in [1.807, 2.05) is 23.1 Å². The SMILES string of the molecule is O=C(O)c1cccc(N2CCC(Cc3ccccc3)CC2)c1C(=O)O. The van der Waals surface area contributed by atoms with Crippen LogP contribution in [0.2, 0.25) is 0 Å². The Morgan fingerprint density at radius 1 is 0.920 bits per heavy atom. The minimum absolute atomic E-state index is 0.114. The standard InChI is InChI=1S/C20H21NO4/c22-19(23)16-7-4-8-17(18(16)20(24)25)21-11-9-15(10-12-21)13-14-5-2-1-3-6-14/h1-8,15H,9-13H2,(H,22,23)(H,24,25). The van der Waals surface area contributed by atoms with Gasteiger partial charge in [0.1, 0.15) is 0 Å². The molecule has 0 atom stereocenters. The Morgan fingerprint density at radius 3 is 2.20 bits per heavy atom. The van der Waals surface area contributed by atoms with E-state index in [0.717, 1.165) is 32.4 Å². The van der Waals surface area contributed by atoms with E-state index in [0.29, 0.717) is 11.6 Å². The van der Waals surface area contributed by atoms with Gasteiger partial charge in [-0.2, -0.15) is 0 Å². The molecule has 2 N–H and O–H groups in total. The summed E-state index contributed by atoms with van der Waals surface area (Å²) in [6.45, 7) is 1.47. The van der Waals surface area contributed by atoms with Crippen LogP contribution in [0.4, 0.5) is 5.69 Å². The van der Waals surface area contributed by atoms with Crippen LogP contribution in [-0.2, 0) is 6.42 Å². The molecule has 0 saturated carbocycles. The second kappa shape index (κ2) is 7.38. The Kier molecular flexibility index (Phi) is 5.03. The number of carbonyl (C=O) groups is 2. The van der Waals surface area contributed by atoms with Crippen LogP contribution in [0.1, 0.15) is 39.1 Å². The summed E-state index contributed by atoms with van der Waals surface area (Å²) in [5.74, 6) is -1.84. The van der Waals surface area contributed by atoms with Crippen molar-refractivity contribution in [2.24, 2.45) is 5.92 Å². The van der Waals surface area contributed by atoms with E-state index in [1.165, 1.54) is 11.6 Å². The summed E-state index contributed by atoms with van der Waals surface area (Å²) >= 11 is 0. The van der Waals surface area contributed by atoms with Crippen LogP contribution in [0.3, 0.4) is 0 Å². The molecule has 0 radical (unpaired) electrons. The number of nitrogens with zero attached hydrogens (tertiary/aromatic N) is 1. The van der Waals surface area contributed by atoms with Gasteiger partial charge in [-0.1, -0.05) is 36.4 Å². The van der Waals surface area contributed by atoms with Crippen molar-refractivity contribution in [3.63, 3.8) is 0 Å². The number of carboxylic acids is 2. The normalized spacial score (nSPS) is 15.1. The highest BCUT2D eigenvalue weighted by Crippen LogP contribution is 2.30. The van der Waals surface area contributed by atoms with Crippen LogP contribution in [0.25, 0.3) is 0 Å². The van der Waals surface area contributed by atoms with E-state index < -0.39 is 11.9 Å². The summed E-state index contributed by atoms with van der Waals surface area (Å²) in [6.07, 6.45) is 2.95. The first kappa shape index (κ1) is 17.0. The maximum Gasteiger partial charge on any atom is 0.338 e. The van der Waals surface area contributed by atoms with E-state index in [9.17, 15) is 19.8 Å². The Balaban J connectivity index is 1.74. The molecule has 0 bridgehead atoms. The zero-order valence-electron chi connectivity index (χ0n) is 13.9. The first-order valence-electron chi connectivity index (χ1n) is 8.44. The Hall–Kier alpha value is -2.82. The van der Waals surface area contributed by atoms with Gasteiger partial charge < -0.3 is 15.1 Å². The maximum atomic E-state index is 11.6. The third-order valence-corrected chi connectivity index (χ3v) is 4.81. The Bertz CT molecular complexity index is 765. The van der Waals surface area contributed by atoms with Gasteiger partial charge in [0.15, 0.2) is 0 Å². The molecule has 5 nitrogen and oxygen atoms in total. The molecule has 1 aliphatic heterocycles. The van der Waals surface area contributed by atoms with Gasteiger partial charge >= 0.3 is 11.9 Å². The third-order valence-electron chi connectivity index (χ3n) is 4.81. The van der Waals surface area contributed by atoms with Gasteiger partial charge in [0.2, 0.25) is 0 Å². The predicted molar refractivity (Wildman–Crippen MR) is 95.4 cm³/mol. The van der Waals surface area contributed by atoms with Gasteiger partial charge in [-0.25, -0.2) is 9.59 Å². The number of rotatable bonds is 5. The van der Waals surface area contributed by atoms with Crippen molar-refractivity contribution in [2.45, 2.75) is 19.3 Å². The first-order valence-corrected chi connectivity index (χ1v) is 8.44. The van der Waals surface area contributed by atoms with Crippen molar-refractivity contribution in [1.29, 1.82) is 0 Å². The van der Waals surface area contributed by atoms with Crippen LogP contribution in [0, 0.1) is 5.92 Å². The zero-order valence-corrected chi connectivity index (χ0v) is 13.9. The molecule has 25 heavy (non-hydrogen) atoms. The lowest BCUT2D eigenvalue weighted by Crippen LogP contribution is -2.35. The van der Waals surface area contributed by atoms with Gasteiger partial charge in [0.25, 0.3) is 0 Å². The highest BCUT2D eigenvalue weighted by Gasteiger charge is 2.26. The number of aromatic carboxylic acids is 2. The van der Waals surface area contributed by atoms with Crippen LogP contribution >= 0.6 is 0 Å². The number of piperidine rings is 1. The fourth-order valence-electron chi connectivity index (χ4n) is 3.53. The molecular weight excluding hydrogens is 318 g/mol. The van der Waals surface area contributed by atoms with Crippen molar-refractivity contribution < 1.29 is 19.8 Å². The molecule has 1 heterocycles. The van der Waals surface area contributed by atoms with Crippen LogP contribution in [-0.4, -0.2) is 35.2 Å². The number of hydrogen-bond donors (Lipinski definition) is 2. The van der Waals surface area contributed by atoms with Crippen molar-refractivity contribution in [3.8, 4) is 0 Å². The summed E-state index contributed by atoms with van der Waals surface area (Å²) in [6, 6.07) is 15.0. The molecule has 0 aromatic heterocycles. The molecule has 0 spiro atoms. The first-order chi connectivity index (χ1) is 12.1. The molecule has 0 amide bonds. The number of hydrogen-bond acceptors (Lipinski definition) is 3. The maximum absolute atomic E-state index is 11.6. The van der Waals surface area contributed by atoms with Gasteiger partial charge in [0.05, 0.1) is 16.8 Å². The quantitative estimate of drug-likeness (QED) is 0.871. The highest BCUT2D eigenvalue weighted by molar-refractivity contribution is 6.05. The summed E-state index contributed by atoms with van der Waals surface area (Å²) in [5.41, 5.74) is 1.55. The minimum atomic E-state index is -1.21. The van der Waals surface area contributed by atoms with E-state index in [-0.39, 0.29) is 11.1 Å². The molecule has 0 aliphatic carbocycles. The largest absolute Gasteiger partial charge is 0.478 e. The number of carboxylic acid groups (broad SMARTS) is 2. The van der Waals surface area contributed by atoms with Gasteiger partial charge in [-0.15, -0.1) is 0 Å². The lowest BCUT2D eigenvalue weighted by Gasteiger charge is -2.34. The van der Waals surface area contributed by atoms with Crippen molar-refractivity contribution in [1.82, 2.24) is 0 Å². The molecule has 1 fully saturated rings. The molecular formula is C20H21NO4. The Labute approximate surface area is 146 Å². The van der Waals surface area contributed by atoms with Crippen molar-refractivity contribution in [2.75, 3.05) is 18.0 Å². The van der Waals surface area contributed by atoms with E-state index in [4.69, 9.17) is 0 Å². The molecule has 130 valence electrons. The average molecular weight is 339 g/mol. The van der Waals surface area contributed by atoms with Gasteiger partial charge in [-0.05, 0) is 42.9 Å². The molecule has 2 aromatic carbocycles. The van der Waals surface area contributed by atoms with Gasteiger partial charge in [-0.3, -0.25) is 0 Å². The monoisotopic (exact) mass is 339 g/mol. The molecule has 3 rings (SSSR count).